The summed E-state index contributed by atoms with van der Waals surface area (Å²) in [6, 6.07) is 1.69. The molecule has 0 aliphatic carbocycles. The van der Waals surface area contributed by atoms with Crippen LogP contribution in [0.4, 0.5) is 0 Å². The SMILES string of the molecule is CN1CC2CC1CN2.Cl.Cl. The van der Waals surface area contributed by atoms with Crippen molar-refractivity contribution < 1.29 is 0 Å². The van der Waals surface area contributed by atoms with Crippen molar-refractivity contribution in [2.45, 2.75) is 18.5 Å². The van der Waals surface area contributed by atoms with Gasteiger partial charge in [-0.15, -0.1) is 24.8 Å². The van der Waals surface area contributed by atoms with Crippen LogP contribution in [-0.4, -0.2) is 37.1 Å². The van der Waals surface area contributed by atoms with Gasteiger partial charge in [0.05, 0.1) is 0 Å². The first-order valence-electron chi connectivity index (χ1n) is 3.30. The molecule has 0 aromatic rings. The van der Waals surface area contributed by atoms with E-state index in [9.17, 15) is 0 Å². The molecule has 0 aromatic carbocycles. The van der Waals surface area contributed by atoms with Gasteiger partial charge in [0.1, 0.15) is 0 Å². The van der Waals surface area contributed by atoms with E-state index in [0.717, 1.165) is 12.1 Å². The first kappa shape index (κ1) is 10.5. The molecule has 0 aromatic heterocycles. The van der Waals surface area contributed by atoms with Crippen molar-refractivity contribution in [2.24, 2.45) is 0 Å². The summed E-state index contributed by atoms with van der Waals surface area (Å²) in [5.41, 5.74) is 0. The fourth-order valence-corrected chi connectivity index (χ4v) is 1.77. The predicted octanol–water partition coefficient (Wildman–Crippen LogP) is 0.506. The van der Waals surface area contributed by atoms with Crippen LogP contribution in [0.15, 0.2) is 0 Å². The fraction of sp³-hybridized carbons (Fsp3) is 1.00. The molecule has 2 aliphatic heterocycles. The Kier molecular flexibility index (Phi) is 3.95. The number of piperazine rings is 1. The third kappa shape index (κ3) is 1.56. The Morgan fingerprint density at radius 2 is 2.10 bits per heavy atom. The van der Waals surface area contributed by atoms with Gasteiger partial charge in [-0.3, -0.25) is 0 Å². The molecular formula is C6H14Cl2N2. The number of nitrogens with one attached hydrogen (secondary N) is 1. The van der Waals surface area contributed by atoms with Crippen LogP contribution in [-0.2, 0) is 0 Å². The highest BCUT2D eigenvalue weighted by molar-refractivity contribution is 5.85. The highest BCUT2D eigenvalue weighted by atomic mass is 35.5. The Balaban J connectivity index is 0.000000405. The van der Waals surface area contributed by atoms with Crippen LogP contribution in [0.5, 0.6) is 0 Å². The molecule has 2 fully saturated rings. The first-order valence-corrected chi connectivity index (χ1v) is 3.30. The molecule has 0 spiro atoms. The van der Waals surface area contributed by atoms with Gasteiger partial charge in [0.15, 0.2) is 0 Å². The maximum absolute atomic E-state index is 3.44. The maximum Gasteiger partial charge on any atom is 0.0233 e. The molecule has 2 heterocycles. The number of halogens is 2. The van der Waals surface area contributed by atoms with Gasteiger partial charge < -0.3 is 10.2 Å². The van der Waals surface area contributed by atoms with E-state index in [-0.39, 0.29) is 24.8 Å². The van der Waals surface area contributed by atoms with Gasteiger partial charge >= 0.3 is 0 Å². The zero-order chi connectivity index (χ0) is 5.56. The fourth-order valence-electron chi connectivity index (χ4n) is 1.77. The van der Waals surface area contributed by atoms with Gasteiger partial charge in [-0.2, -0.15) is 0 Å². The molecule has 2 aliphatic rings. The second kappa shape index (κ2) is 3.77. The summed E-state index contributed by atoms with van der Waals surface area (Å²) in [4.78, 5) is 2.45. The Labute approximate surface area is 74.2 Å². The summed E-state index contributed by atoms with van der Waals surface area (Å²) >= 11 is 0. The Morgan fingerprint density at radius 3 is 2.30 bits per heavy atom. The van der Waals surface area contributed by atoms with Gasteiger partial charge in [-0.25, -0.2) is 0 Å². The van der Waals surface area contributed by atoms with Crippen LogP contribution in [0.25, 0.3) is 0 Å². The van der Waals surface area contributed by atoms with Crippen LogP contribution in [0.2, 0.25) is 0 Å². The normalized spacial score (nSPS) is 36.9. The third-order valence-corrected chi connectivity index (χ3v) is 2.33. The molecular weight excluding hydrogens is 171 g/mol. The summed E-state index contributed by atoms with van der Waals surface area (Å²) in [5, 5.41) is 3.44. The van der Waals surface area contributed by atoms with Crippen molar-refractivity contribution in [3.8, 4) is 0 Å². The largest absolute Gasteiger partial charge is 0.311 e. The Morgan fingerprint density at radius 1 is 1.40 bits per heavy atom. The number of hydrogen-bond donors (Lipinski definition) is 1. The molecule has 0 amide bonds. The van der Waals surface area contributed by atoms with E-state index in [0.29, 0.717) is 0 Å². The zero-order valence-corrected chi connectivity index (χ0v) is 7.67. The first-order chi connectivity index (χ1) is 3.86. The number of likely N-dealkylation sites (N-methyl/N-ethyl adjacent to an activating group) is 1. The summed E-state index contributed by atoms with van der Waals surface area (Å²) in [5.74, 6) is 0. The number of rotatable bonds is 0. The Bertz CT molecular complexity index is 108. The number of nitrogens with zero attached hydrogens (tertiary/aromatic N) is 1. The van der Waals surface area contributed by atoms with Crippen LogP contribution >= 0.6 is 24.8 Å². The van der Waals surface area contributed by atoms with Gasteiger partial charge in [0.2, 0.25) is 0 Å². The highest BCUT2D eigenvalue weighted by Crippen LogP contribution is 2.20. The second-order valence-corrected chi connectivity index (χ2v) is 2.93. The van der Waals surface area contributed by atoms with E-state index in [2.05, 4.69) is 17.3 Å². The van der Waals surface area contributed by atoms with Gasteiger partial charge in [0, 0.05) is 25.2 Å². The van der Waals surface area contributed by atoms with Crippen molar-refractivity contribution in [2.75, 3.05) is 20.1 Å². The molecule has 10 heavy (non-hydrogen) atoms. The minimum Gasteiger partial charge on any atom is -0.311 e. The maximum atomic E-state index is 3.44. The van der Waals surface area contributed by atoms with E-state index >= 15 is 0 Å². The van der Waals surface area contributed by atoms with E-state index in [1.807, 2.05) is 0 Å². The molecule has 0 radical (unpaired) electrons. The summed E-state index contributed by atoms with van der Waals surface area (Å²) < 4.78 is 0. The minimum absolute atomic E-state index is 0. The summed E-state index contributed by atoms with van der Waals surface area (Å²) in [6.07, 6.45) is 1.39. The van der Waals surface area contributed by atoms with Gasteiger partial charge in [0.25, 0.3) is 0 Å². The standard InChI is InChI=1S/C6H12N2.2ClH/c1-8-4-5-2-6(8)3-7-5;;/h5-7H,2-4H2,1H3;2*1H. The molecule has 4 heteroatoms. The quantitative estimate of drug-likeness (QED) is 0.591. The second-order valence-electron chi connectivity index (χ2n) is 2.93. The lowest BCUT2D eigenvalue weighted by molar-refractivity contribution is 0.276. The molecule has 2 rings (SSSR count). The van der Waals surface area contributed by atoms with E-state index in [1.165, 1.54) is 19.5 Å². The molecule has 62 valence electrons. The van der Waals surface area contributed by atoms with E-state index < -0.39 is 0 Å². The van der Waals surface area contributed by atoms with Crippen molar-refractivity contribution in [1.82, 2.24) is 10.2 Å². The molecule has 2 bridgehead atoms. The number of likely N-dealkylation sites (tertiary alicyclic amines) is 1. The van der Waals surface area contributed by atoms with Crippen molar-refractivity contribution >= 4 is 24.8 Å². The average Bonchev–Trinajstić information content (AvgIpc) is 2.23. The lowest BCUT2D eigenvalue weighted by Crippen LogP contribution is -2.41. The van der Waals surface area contributed by atoms with Crippen LogP contribution in [0.3, 0.4) is 0 Å². The molecule has 2 atom stereocenters. The number of fused-ring (bicyclic) bond motifs is 2. The predicted molar refractivity (Wildman–Crippen MR) is 47.3 cm³/mol. The topological polar surface area (TPSA) is 15.3 Å². The highest BCUT2D eigenvalue weighted by Gasteiger charge is 2.34. The zero-order valence-electron chi connectivity index (χ0n) is 6.04. The monoisotopic (exact) mass is 184 g/mol. The smallest absolute Gasteiger partial charge is 0.0233 e. The summed E-state index contributed by atoms with van der Waals surface area (Å²) in [7, 11) is 2.21. The van der Waals surface area contributed by atoms with E-state index in [4.69, 9.17) is 0 Å². The van der Waals surface area contributed by atoms with Crippen molar-refractivity contribution in [3.63, 3.8) is 0 Å². The molecule has 2 nitrogen and oxygen atoms in total. The Hall–Kier alpha value is 0.500. The van der Waals surface area contributed by atoms with Crippen LogP contribution < -0.4 is 5.32 Å². The molecule has 2 saturated heterocycles. The summed E-state index contributed by atoms with van der Waals surface area (Å²) in [6.45, 7) is 2.49. The molecule has 0 saturated carbocycles. The van der Waals surface area contributed by atoms with E-state index in [1.54, 1.807) is 0 Å². The third-order valence-electron chi connectivity index (χ3n) is 2.33. The van der Waals surface area contributed by atoms with Crippen LogP contribution in [0.1, 0.15) is 6.42 Å². The lowest BCUT2D eigenvalue weighted by atomic mass is 10.2. The minimum atomic E-state index is 0. The van der Waals surface area contributed by atoms with Gasteiger partial charge in [-0.1, -0.05) is 0 Å². The lowest BCUT2D eigenvalue weighted by Gasteiger charge is -2.21. The average molecular weight is 185 g/mol. The van der Waals surface area contributed by atoms with Gasteiger partial charge in [-0.05, 0) is 13.5 Å². The number of hydrogen-bond acceptors (Lipinski definition) is 2. The van der Waals surface area contributed by atoms with Crippen LogP contribution in [0, 0.1) is 0 Å². The molecule has 2 unspecified atom stereocenters. The van der Waals surface area contributed by atoms with Crippen molar-refractivity contribution in [1.29, 1.82) is 0 Å². The van der Waals surface area contributed by atoms with Crippen molar-refractivity contribution in [3.05, 3.63) is 0 Å². The molecule has 1 N–H and O–H groups in total.